The minimum atomic E-state index is -0.923. The van der Waals surface area contributed by atoms with Gasteiger partial charge in [0.25, 0.3) is 5.91 Å². The molecule has 1 N–H and O–H groups in total. The van der Waals surface area contributed by atoms with Gasteiger partial charge in [0, 0.05) is 11.9 Å². The van der Waals surface area contributed by atoms with Crippen molar-refractivity contribution in [3.63, 3.8) is 0 Å². The zero-order valence-electron chi connectivity index (χ0n) is 13.6. The van der Waals surface area contributed by atoms with Crippen molar-refractivity contribution in [3.8, 4) is 5.69 Å². The lowest BCUT2D eigenvalue weighted by Gasteiger charge is -2.12. The second-order valence-corrected chi connectivity index (χ2v) is 5.41. The van der Waals surface area contributed by atoms with Gasteiger partial charge < -0.3 is 10.1 Å². The van der Waals surface area contributed by atoms with Crippen molar-refractivity contribution in [1.82, 2.24) is 9.78 Å². The zero-order valence-corrected chi connectivity index (χ0v) is 13.6. The Morgan fingerprint density at radius 1 is 1.04 bits per heavy atom. The predicted molar refractivity (Wildman–Crippen MR) is 93.5 cm³/mol. The van der Waals surface area contributed by atoms with Gasteiger partial charge in [-0.05, 0) is 31.2 Å². The summed E-state index contributed by atoms with van der Waals surface area (Å²) >= 11 is 0. The summed E-state index contributed by atoms with van der Waals surface area (Å²) in [5, 5.41) is 6.84. The van der Waals surface area contributed by atoms with Gasteiger partial charge in [-0.25, -0.2) is 9.48 Å². The molecule has 2 aromatic carbocycles. The van der Waals surface area contributed by atoms with Gasteiger partial charge in [-0.15, -0.1) is 0 Å². The quantitative estimate of drug-likeness (QED) is 0.727. The fraction of sp³-hybridized carbons (Fsp3) is 0.105. The molecule has 3 rings (SSSR count). The number of esters is 1. The molecule has 0 saturated heterocycles. The van der Waals surface area contributed by atoms with Gasteiger partial charge in [0.05, 0.1) is 17.4 Å². The van der Waals surface area contributed by atoms with Gasteiger partial charge >= 0.3 is 5.97 Å². The molecule has 0 bridgehead atoms. The van der Waals surface area contributed by atoms with Crippen molar-refractivity contribution in [1.29, 1.82) is 0 Å². The van der Waals surface area contributed by atoms with Crippen LogP contribution in [0.4, 0.5) is 5.69 Å². The zero-order chi connectivity index (χ0) is 17.6. The number of nitrogens with zero attached hydrogens (tertiary/aromatic N) is 2. The fourth-order valence-electron chi connectivity index (χ4n) is 2.20. The summed E-state index contributed by atoms with van der Waals surface area (Å²) in [5.41, 5.74) is 1.76. The number of hydrogen-bond acceptors (Lipinski definition) is 4. The van der Waals surface area contributed by atoms with E-state index in [0.717, 1.165) is 5.69 Å². The van der Waals surface area contributed by atoms with E-state index in [2.05, 4.69) is 10.4 Å². The average molecular weight is 335 g/mol. The number of ether oxygens (including phenoxy) is 1. The van der Waals surface area contributed by atoms with Gasteiger partial charge in [0.1, 0.15) is 0 Å². The van der Waals surface area contributed by atoms with Crippen LogP contribution in [-0.2, 0) is 9.53 Å². The Hall–Kier alpha value is -3.41. The topological polar surface area (TPSA) is 73.2 Å². The van der Waals surface area contributed by atoms with E-state index in [-0.39, 0.29) is 5.56 Å². The van der Waals surface area contributed by atoms with Gasteiger partial charge in [-0.1, -0.05) is 36.4 Å². The van der Waals surface area contributed by atoms with Crippen LogP contribution in [0.1, 0.15) is 17.3 Å². The summed E-state index contributed by atoms with van der Waals surface area (Å²) in [5.74, 6) is -0.993. The summed E-state index contributed by atoms with van der Waals surface area (Å²) < 4.78 is 6.79. The summed E-state index contributed by atoms with van der Waals surface area (Å²) in [6.07, 6.45) is 2.06. The summed E-state index contributed by atoms with van der Waals surface area (Å²) in [6, 6.07) is 18.4. The number of anilines is 1. The van der Waals surface area contributed by atoms with Crippen LogP contribution in [-0.4, -0.2) is 27.8 Å². The molecular formula is C19H17N3O3. The highest BCUT2D eigenvalue weighted by molar-refractivity contribution is 5.97. The van der Waals surface area contributed by atoms with Crippen molar-refractivity contribution in [3.05, 3.63) is 78.6 Å². The molecule has 0 aliphatic heterocycles. The van der Waals surface area contributed by atoms with Crippen molar-refractivity contribution in [2.24, 2.45) is 0 Å². The van der Waals surface area contributed by atoms with E-state index in [1.807, 2.05) is 48.5 Å². The Morgan fingerprint density at radius 2 is 1.68 bits per heavy atom. The third-order valence-electron chi connectivity index (χ3n) is 3.53. The number of para-hydroxylation sites is 2. The molecule has 0 radical (unpaired) electrons. The first-order chi connectivity index (χ1) is 12.1. The van der Waals surface area contributed by atoms with Crippen molar-refractivity contribution < 1.29 is 14.3 Å². The fourth-order valence-corrected chi connectivity index (χ4v) is 2.20. The monoisotopic (exact) mass is 335 g/mol. The molecule has 1 aromatic heterocycles. The highest BCUT2D eigenvalue weighted by atomic mass is 16.5. The minimum absolute atomic E-state index is 0.281. The third-order valence-corrected chi connectivity index (χ3v) is 3.53. The summed E-state index contributed by atoms with van der Waals surface area (Å²) in [7, 11) is 0. The number of benzene rings is 2. The summed E-state index contributed by atoms with van der Waals surface area (Å²) in [4.78, 5) is 24.3. The molecule has 0 fully saturated rings. The van der Waals surface area contributed by atoms with Gasteiger partial charge in [-0.2, -0.15) is 5.10 Å². The van der Waals surface area contributed by atoms with Crippen molar-refractivity contribution in [2.75, 3.05) is 5.32 Å². The van der Waals surface area contributed by atoms with E-state index in [4.69, 9.17) is 4.74 Å². The second kappa shape index (κ2) is 7.44. The van der Waals surface area contributed by atoms with Crippen LogP contribution in [0.25, 0.3) is 5.69 Å². The van der Waals surface area contributed by atoms with Crippen LogP contribution in [0.5, 0.6) is 0 Å². The molecular weight excluding hydrogens is 318 g/mol. The molecule has 1 unspecified atom stereocenters. The number of carbonyl (C=O) groups excluding carboxylic acids is 2. The Labute approximate surface area is 145 Å². The predicted octanol–water partition coefficient (Wildman–Crippen LogP) is 3.06. The number of nitrogens with one attached hydrogen (secondary N) is 1. The van der Waals surface area contributed by atoms with E-state index in [1.165, 1.54) is 13.1 Å². The smallest absolute Gasteiger partial charge is 0.342 e. The summed E-state index contributed by atoms with van der Waals surface area (Å²) in [6.45, 7) is 1.53. The van der Waals surface area contributed by atoms with E-state index in [0.29, 0.717) is 5.69 Å². The number of hydrogen-bond donors (Lipinski definition) is 1. The molecule has 0 aliphatic carbocycles. The molecule has 126 valence electrons. The minimum Gasteiger partial charge on any atom is -0.449 e. The van der Waals surface area contributed by atoms with Crippen LogP contribution in [0.3, 0.4) is 0 Å². The van der Waals surface area contributed by atoms with Crippen molar-refractivity contribution in [2.45, 2.75) is 13.0 Å². The largest absolute Gasteiger partial charge is 0.449 e. The van der Waals surface area contributed by atoms with Gasteiger partial charge in [0.15, 0.2) is 6.10 Å². The lowest BCUT2D eigenvalue weighted by atomic mass is 10.3. The lowest BCUT2D eigenvalue weighted by molar-refractivity contribution is -0.123. The van der Waals surface area contributed by atoms with Gasteiger partial charge in [-0.3, -0.25) is 4.79 Å². The molecule has 0 spiro atoms. The molecule has 1 heterocycles. The maximum atomic E-state index is 12.2. The third kappa shape index (κ3) is 4.11. The first-order valence-electron chi connectivity index (χ1n) is 7.80. The van der Waals surface area contributed by atoms with E-state index in [9.17, 15) is 9.59 Å². The Balaban J connectivity index is 1.62. The molecule has 6 heteroatoms. The lowest BCUT2D eigenvalue weighted by Crippen LogP contribution is -2.29. The Morgan fingerprint density at radius 3 is 2.36 bits per heavy atom. The number of rotatable bonds is 5. The first kappa shape index (κ1) is 16.4. The van der Waals surface area contributed by atoms with Crippen molar-refractivity contribution >= 4 is 17.6 Å². The second-order valence-electron chi connectivity index (χ2n) is 5.41. The number of carbonyl (C=O) groups is 2. The normalized spacial score (nSPS) is 11.6. The maximum Gasteiger partial charge on any atom is 0.342 e. The molecule has 1 amide bonds. The molecule has 0 saturated carbocycles. The van der Waals surface area contributed by atoms with Crippen LogP contribution in [0.15, 0.2) is 73.1 Å². The average Bonchev–Trinajstić information content (AvgIpc) is 3.13. The molecule has 25 heavy (non-hydrogen) atoms. The molecule has 1 atom stereocenters. The Bertz CT molecular complexity index is 860. The SMILES string of the molecule is CC(OC(=O)c1cnn(-c2ccccc2)c1)C(=O)Nc1ccccc1. The standard InChI is InChI=1S/C19H17N3O3/c1-14(18(23)21-16-8-4-2-5-9-16)25-19(24)15-12-20-22(13-15)17-10-6-3-7-11-17/h2-14H,1H3,(H,21,23). The van der Waals surface area contributed by atoms with E-state index < -0.39 is 18.0 Å². The molecule has 6 nitrogen and oxygen atoms in total. The molecule has 3 aromatic rings. The van der Waals surface area contributed by atoms with Crippen LogP contribution in [0.2, 0.25) is 0 Å². The number of amides is 1. The van der Waals surface area contributed by atoms with E-state index >= 15 is 0 Å². The van der Waals surface area contributed by atoms with Crippen LogP contribution < -0.4 is 5.32 Å². The first-order valence-corrected chi connectivity index (χ1v) is 7.80. The highest BCUT2D eigenvalue weighted by Gasteiger charge is 2.20. The maximum absolute atomic E-state index is 12.2. The van der Waals surface area contributed by atoms with E-state index in [1.54, 1.807) is 23.0 Å². The number of aromatic nitrogens is 2. The van der Waals surface area contributed by atoms with Crippen LogP contribution in [0, 0.1) is 0 Å². The molecule has 0 aliphatic rings. The Kier molecular flexibility index (Phi) is 4.89. The highest BCUT2D eigenvalue weighted by Crippen LogP contribution is 2.11. The van der Waals surface area contributed by atoms with Gasteiger partial charge in [0.2, 0.25) is 0 Å². The van der Waals surface area contributed by atoms with Crippen LogP contribution >= 0.6 is 0 Å².